The molecule has 6 atom stereocenters. The minimum Gasteiger partial charge on any atom is -0.465 e. The number of benzene rings is 4. The van der Waals surface area contributed by atoms with Crippen LogP contribution in [-0.4, -0.2) is 149 Å². The SMILES string of the molecule is COC[C@@H]1NC(=O)[C@H](CCCNC(=O)O)N(Cc2ccc(Cl)cc2Oc2ccc(-c3cnc(CN(C)C)n3C)cc2)C(=O)C[C@@H](Cc2ccccc2)C(=O)N(C)[C@H]2CCCC[C@@H]2NC(=O)C[C@H](Cc2ccc(Cl)cc2)N(C)C1=O. The number of amides is 6. The van der Waals surface area contributed by atoms with E-state index in [4.69, 9.17) is 32.7 Å². The van der Waals surface area contributed by atoms with Crippen molar-refractivity contribution in [1.82, 2.24) is 45.1 Å². The van der Waals surface area contributed by atoms with Gasteiger partial charge < -0.3 is 54.7 Å². The molecule has 79 heavy (non-hydrogen) atoms. The lowest BCUT2D eigenvalue weighted by Gasteiger charge is -2.40. The van der Waals surface area contributed by atoms with Crippen LogP contribution in [0.4, 0.5) is 4.79 Å². The highest BCUT2D eigenvalue weighted by atomic mass is 35.5. The summed E-state index contributed by atoms with van der Waals surface area (Å²) in [6.45, 7) is 0.0882. The normalized spacial score (nSPS) is 21.0. The summed E-state index contributed by atoms with van der Waals surface area (Å²) < 4.78 is 14.2. The summed E-state index contributed by atoms with van der Waals surface area (Å²) >= 11 is 12.9. The number of likely N-dealkylation sites (N-methyl/N-ethyl adjacent to an activating group) is 2. The zero-order valence-electron chi connectivity index (χ0n) is 45.8. The van der Waals surface area contributed by atoms with Gasteiger partial charge in [0.15, 0.2) is 0 Å². The molecular formula is C59H73Cl2N9O9. The molecule has 0 bridgehead atoms. The number of fused-ring (bicyclic) bond motifs is 1. The van der Waals surface area contributed by atoms with E-state index in [2.05, 4.69) is 20.9 Å². The van der Waals surface area contributed by atoms with Crippen LogP contribution >= 0.6 is 23.2 Å². The molecule has 2 heterocycles. The molecule has 7 rings (SSSR count). The van der Waals surface area contributed by atoms with Crippen molar-refractivity contribution < 1.29 is 43.3 Å². The molecule has 1 aliphatic carbocycles. The van der Waals surface area contributed by atoms with Crippen LogP contribution in [0, 0.1) is 5.92 Å². The fourth-order valence-corrected chi connectivity index (χ4v) is 10.9. The van der Waals surface area contributed by atoms with E-state index in [-0.39, 0.29) is 75.8 Å². The molecule has 5 aromatic rings. The molecule has 2 fully saturated rings. The van der Waals surface area contributed by atoms with Crippen molar-refractivity contribution in [3.8, 4) is 22.8 Å². The number of hydrogen-bond acceptors (Lipinski definition) is 10. The highest BCUT2D eigenvalue weighted by Crippen LogP contribution is 2.34. The second-order valence-corrected chi connectivity index (χ2v) is 21.7. The maximum atomic E-state index is 15.7. The Kier molecular flexibility index (Phi) is 21.3. The van der Waals surface area contributed by atoms with Crippen molar-refractivity contribution in [2.75, 3.05) is 48.5 Å². The number of carboxylic acid groups (broad SMARTS) is 1. The van der Waals surface area contributed by atoms with Gasteiger partial charge >= 0.3 is 6.09 Å². The Balaban J connectivity index is 1.32. The minimum absolute atomic E-state index is 0.0672. The highest BCUT2D eigenvalue weighted by molar-refractivity contribution is 6.31. The lowest BCUT2D eigenvalue weighted by molar-refractivity contribution is -0.148. The van der Waals surface area contributed by atoms with Gasteiger partial charge in [0.25, 0.3) is 0 Å². The van der Waals surface area contributed by atoms with Gasteiger partial charge in [0.2, 0.25) is 29.5 Å². The van der Waals surface area contributed by atoms with Gasteiger partial charge in [-0.3, -0.25) is 24.0 Å². The first kappa shape index (κ1) is 59.7. The predicted molar refractivity (Wildman–Crippen MR) is 303 cm³/mol. The predicted octanol–water partition coefficient (Wildman–Crippen LogP) is 7.73. The quantitative estimate of drug-likeness (QED) is 0.0663. The summed E-state index contributed by atoms with van der Waals surface area (Å²) in [6.07, 6.45) is 3.42. The van der Waals surface area contributed by atoms with Crippen LogP contribution in [0.1, 0.15) is 73.9 Å². The van der Waals surface area contributed by atoms with Gasteiger partial charge in [-0.05, 0) is 112 Å². The number of ether oxygens (including phenoxy) is 2. The lowest BCUT2D eigenvalue weighted by Crippen LogP contribution is -2.59. The zero-order chi connectivity index (χ0) is 56.8. The number of halogens is 2. The Hall–Kier alpha value is -6.99. The first-order valence-corrected chi connectivity index (χ1v) is 27.5. The number of rotatable bonds is 17. The monoisotopic (exact) mass is 1120 g/mol. The molecule has 0 radical (unpaired) electrons. The zero-order valence-corrected chi connectivity index (χ0v) is 47.3. The summed E-state index contributed by atoms with van der Waals surface area (Å²) in [4.78, 5) is 98.3. The Labute approximate surface area is 472 Å². The van der Waals surface area contributed by atoms with Crippen molar-refractivity contribution in [3.05, 3.63) is 136 Å². The average Bonchev–Trinajstić information content (AvgIpc) is 3.82. The molecule has 6 amide bonds. The highest BCUT2D eigenvalue weighted by Gasteiger charge is 2.40. The Morgan fingerprint density at radius 2 is 1.52 bits per heavy atom. The number of hydrogen-bond donors (Lipinski definition) is 4. The van der Waals surface area contributed by atoms with Crippen LogP contribution in [0.25, 0.3) is 11.3 Å². The van der Waals surface area contributed by atoms with Gasteiger partial charge in [0.1, 0.15) is 29.4 Å². The van der Waals surface area contributed by atoms with E-state index < -0.39 is 59.9 Å². The fourth-order valence-electron chi connectivity index (χ4n) is 10.6. The van der Waals surface area contributed by atoms with E-state index in [0.717, 1.165) is 41.1 Å². The van der Waals surface area contributed by atoms with Gasteiger partial charge in [-0.25, -0.2) is 9.78 Å². The smallest absolute Gasteiger partial charge is 0.404 e. The third kappa shape index (κ3) is 16.3. The van der Waals surface area contributed by atoms with Gasteiger partial charge in [0, 0.05) is 80.9 Å². The molecule has 422 valence electrons. The Bertz CT molecular complexity index is 2890. The van der Waals surface area contributed by atoms with Crippen LogP contribution in [0.3, 0.4) is 0 Å². The second-order valence-electron chi connectivity index (χ2n) is 20.9. The van der Waals surface area contributed by atoms with Crippen molar-refractivity contribution >= 4 is 58.8 Å². The number of imidazole rings is 1. The molecule has 1 aromatic heterocycles. The molecule has 0 unspecified atom stereocenters. The maximum Gasteiger partial charge on any atom is 0.404 e. The summed E-state index contributed by atoms with van der Waals surface area (Å²) in [5.41, 5.74) is 3.90. The standard InChI is InChI=1S/C59H73Cl2N9O9/c1-66(2)36-53-63-34-51(68(53)4)40-21-26-46(27-22-40)79-52-32-44(61)25-20-41(52)35-70-50(17-12-28-62-59(76)77)56(73)65-48(37-78-6)58(75)67(3)45(30-39-18-23-43(60)24-19-39)33-54(71)64-47-15-10-11-16-49(47)69(5)57(74)42(31-55(70)72)29-38-13-8-7-9-14-38/h7-9,13-14,18-27,32,34,42,45,47-50,62H,10-12,15-17,28-31,33,35-37H2,1-6H3,(H,64,71)(H,65,73)(H,76,77)/t42-,45+,47+,48+,49+,50+/m1/s1. The molecular weight excluding hydrogens is 1050 g/mol. The number of carbonyl (C=O) groups excluding carboxylic acids is 5. The number of carbonyl (C=O) groups is 6. The van der Waals surface area contributed by atoms with Crippen LogP contribution in [0.2, 0.25) is 10.0 Å². The molecule has 18 nitrogen and oxygen atoms in total. The Morgan fingerprint density at radius 3 is 2.22 bits per heavy atom. The van der Waals surface area contributed by atoms with Crippen molar-refractivity contribution in [2.24, 2.45) is 13.0 Å². The van der Waals surface area contributed by atoms with Gasteiger partial charge in [-0.1, -0.05) is 84.6 Å². The number of aromatic nitrogens is 2. The third-order valence-electron chi connectivity index (χ3n) is 14.9. The molecule has 0 spiro atoms. The summed E-state index contributed by atoms with van der Waals surface area (Å²) in [6, 6.07) is 24.8. The van der Waals surface area contributed by atoms with E-state index >= 15 is 14.4 Å². The van der Waals surface area contributed by atoms with E-state index in [1.54, 1.807) is 49.3 Å². The van der Waals surface area contributed by atoms with E-state index in [1.165, 1.54) is 16.9 Å². The maximum absolute atomic E-state index is 15.7. The van der Waals surface area contributed by atoms with Crippen LogP contribution in [0.5, 0.6) is 11.5 Å². The van der Waals surface area contributed by atoms with Crippen LogP contribution < -0.4 is 20.7 Å². The van der Waals surface area contributed by atoms with Gasteiger partial charge in [-0.2, -0.15) is 0 Å². The summed E-state index contributed by atoms with van der Waals surface area (Å²) in [5, 5.41) is 18.9. The van der Waals surface area contributed by atoms with E-state index in [1.807, 2.05) is 104 Å². The second kappa shape index (κ2) is 28.2. The molecule has 1 aliphatic heterocycles. The largest absolute Gasteiger partial charge is 0.465 e. The average molecular weight is 1120 g/mol. The van der Waals surface area contributed by atoms with Crippen molar-refractivity contribution in [2.45, 2.75) is 108 Å². The Morgan fingerprint density at radius 1 is 0.823 bits per heavy atom. The lowest BCUT2D eigenvalue weighted by atomic mass is 9.87. The minimum atomic E-state index is -1.35. The number of nitrogens with zero attached hydrogens (tertiary/aromatic N) is 6. The first-order chi connectivity index (χ1) is 37.9. The number of nitrogens with one attached hydrogen (secondary N) is 3. The van der Waals surface area contributed by atoms with E-state index in [0.29, 0.717) is 40.7 Å². The topological polar surface area (TPSA) is 208 Å². The molecule has 20 heteroatoms. The summed E-state index contributed by atoms with van der Waals surface area (Å²) in [5.74, 6) is -1.75. The summed E-state index contributed by atoms with van der Waals surface area (Å²) in [7, 11) is 10.6. The third-order valence-corrected chi connectivity index (χ3v) is 15.4. The van der Waals surface area contributed by atoms with Crippen LogP contribution in [-0.2, 0) is 61.7 Å². The molecule has 1 saturated heterocycles. The van der Waals surface area contributed by atoms with Gasteiger partial charge in [0.05, 0.1) is 43.5 Å². The molecule has 4 aromatic carbocycles. The first-order valence-electron chi connectivity index (χ1n) is 26.8. The van der Waals surface area contributed by atoms with E-state index in [9.17, 15) is 19.5 Å². The van der Waals surface area contributed by atoms with Crippen LogP contribution in [0.15, 0.2) is 103 Å². The molecule has 1 saturated carbocycles. The van der Waals surface area contributed by atoms with Crippen molar-refractivity contribution in [1.29, 1.82) is 0 Å². The molecule has 4 N–H and O–H groups in total. The van der Waals surface area contributed by atoms with Gasteiger partial charge in [-0.15, -0.1) is 0 Å². The fraction of sp³-hybridized carbons (Fsp3) is 0.441. The van der Waals surface area contributed by atoms with Crippen molar-refractivity contribution in [3.63, 3.8) is 0 Å². The molecule has 2 aliphatic rings. The number of methoxy groups -OCH3 is 1.